The van der Waals surface area contributed by atoms with E-state index in [0.717, 1.165) is 11.1 Å². The van der Waals surface area contributed by atoms with Crippen LogP contribution < -0.4 is 14.4 Å². The number of carbonyl (C=O) groups is 4. The van der Waals surface area contributed by atoms with Crippen molar-refractivity contribution in [1.29, 1.82) is 0 Å². The Bertz CT molecular complexity index is 1750. The molecule has 2 heterocycles. The van der Waals surface area contributed by atoms with Gasteiger partial charge in [0.05, 0.1) is 49.6 Å². The van der Waals surface area contributed by atoms with E-state index in [-0.39, 0.29) is 42.3 Å². The number of aromatic hydroxyl groups is 1. The van der Waals surface area contributed by atoms with Crippen LogP contribution in [0.1, 0.15) is 36.8 Å². The van der Waals surface area contributed by atoms with Crippen molar-refractivity contribution in [2.75, 3.05) is 19.1 Å². The monoisotopic (exact) mass is 606 g/mol. The van der Waals surface area contributed by atoms with Gasteiger partial charge < -0.3 is 14.6 Å². The molecule has 3 aromatic carbocycles. The van der Waals surface area contributed by atoms with Crippen molar-refractivity contribution in [3.8, 4) is 17.2 Å². The summed E-state index contributed by atoms with van der Waals surface area (Å²) < 4.78 is 11.2. The summed E-state index contributed by atoms with van der Waals surface area (Å²) in [5, 5.41) is 11.5. The van der Waals surface area contributed by atoms with Crippen molar-refractivity contribution in [2.45, 2.75) is 32.2 Å². The number of nitrogens with zero attached hydrogens (tertiary/aromatic N) is 2. The standard InChI is InChI=1S/C36H34N2O7/c1-36-26(33(41)38(35(36)43)21-12-8-5-9-13-21)18-25-23(31(36)30-27(39)16-22(44-2)17-28(30)45-3)14-15-24-29(25)34(42)37(32(24)40)19-20-10-6-4-7-11-20/h4-14,16-17,24-26,29,31,39H,15,18-19H2,1-3H3. The fourth-order valence-corrected chi connectivity index (χ4v) is 8.30. The lowest BCUT2D eigenvalue weighted by molar-refractivity contribution is -0.141. The number of benzene rings is 3. The van der Waals surface area contributed by atoms with Gasteiger partial charge in [0.1, 0.15) is 17.2 Å². The van der Waals surface area contributed by atoms with E-state index in [1.54, 1.807) is 37.3 Å². The Morgan fingerprint density at radius 2 is 1.56 bits per heavy atom. The van der Waals surface area contributed by atoms with Crippen LogP contribution >= 0.6 is 0 Å². The highest BCUT2D eigenvalue weighted by molar-refractivity contribution is 6.24. The summed E-state index contributed by atoms with van der Waals surface area (Å²) in [5.41, 5.74) is 1.13. The number of imide groups is 2. The molecule has 6 atom stereocenters. The minimum absolute atomic E-state index is 0.141. The van der Waals surface area contributed by atoms with E-state index in [2.05, 4.69) is 0 Å². The molecule has 2 aliphatic heterocycles. The highest BCUT2D eigenvalue weighted by Gasteiger charge is 2.68. The Kier molecular flexibility index (Phi) is 6.80. The predicted molar refractivity (Wildman–Crippen MR) is 164 cm³/mol. The molecule has 0 spiro atoms. The zero-order valence-corrected chi connectivity index (χ0v) is 25.3. The van der Waals surface area contributed by atoms with Gasteiger partial charge in [0.2, 0.25) is 23.6 Å². The molecule has 0 aromatic heterocycles. The Morgan fingerprint density at radius 1 is 0.867 bits per heavy atom. The summed E-state index contributed by atoms with van der Waals surface area (Å²) in [7, 11) is 2.95. The van der Waals surface area contributed by atoms with Crippen molar-refractivity contribution in [2.24, 2.45) is 29.1 Å². The van der Waals surface area contributed by atoms with Crippen LogP contribution in [-0.2, 0) is 25.7 Å². The summed E-state index contributed by atoms with van der Waals surface area (Å²) in [5.74, 6) is -4.07. The van der Waals surface area contributed by atoms with Crippen LogP contribution in [0.2, 0.25) is 0 Å². The van der Waals surface area contributed by atoms with Crippen LogP contribution in [0, 0.1) is 29.1 Å². The minimum atomic E-state index is -1.31. The number of phenols is 1. The van der Waals surface area contributed by atoms with Crippen LogP contribution in [0.15, 0.2) is 84.4 Å². The molecule has 0 bridgehead atoms. The zero-order valence-electron chi connectivity index (χ0n) is 25.3. The molecule has 6 unspecified atom stereocenters. The Hall–Kier alpha value is -4.92. The Morgan fingerprint density at radius 3 is 2.22 bits per heavy atom. The number of anilines is 1. The number of amides is 4. The molecule has 9 nitrogen and oxygen atoms in total. The smallest absolute Gasteiger partial charge is 0.241 e. The van der Waals surface area contributed by atoms with E-state index in [4.69, 9.17) is 9.47 Å². The summed E-state index contributed by atoms with van der Waals surface area (Å²) in [6.45, 7) is 1.95. The number of ether oxygens (including phenoxy) is 2. The van der Waals surface area contributed by atoms with E-state index < -0.39 is 35.0 Å². The maximum Gasteiger partial charge on any atom is 0.241 e. The normalized spacial score (nSPS) is 28.9. The van der Waals surface area contributed by atoms with E-state index in [1.807, 2.05) is 42.5 Å². The molecule has 0 radical (unpaired) electrons. The lowest BCUT2D eigenvalue weighted by Crippen LogP contribution is -2.49. The first-order chi connectivity index (χ1) is 21.7. The van der Waals surface area contributed by atoms with Gasteiger partial charge in [-0.15, -0.1) is 0 Å². The number of para-hydroxylation sites is 1. The molecular formula is C36H34N2O7. The molecule has 1 saturated carbocycles. The number of hydrogen-bond donors (Lipinski definition) is 1. The molecule has 2 saturated heterocycles. The summed E-state index contributed by atoms with van der Waals surface area (Å²) >= 11 is 0. The second-order valence-electron chi connectivity index (χ2n) is 12.5. The molecule has 2 aliphatic carbocycles. The number of fused-ring (bicyclic) bond motifs is 4. The van der Waals surface area contributed by atoms with Gasteiger partial charge in [-0.3, -0.25) is 24.1 Å². The number of methoxy groups -OCH3 is 2. The second kappa shape index (κ2) is 10.6. The van der Waals surface area contributed by atoms with Gasteiger partial charge >= 0.3 is 0 Å². The van der Waals surface area contributed by atoms with E-state index in [0.29, 0.717) is 29.2 Å². The van der Waals surface area contributed by atoms with Gasteiger partial charge in [0.25, 0.3) is 0 Å². The second-order valence-corrected chi connectivity index (χ2v) is 12.5. The number of rotatable bonds is 6. The zero-order chi connectivity index (χ0) is 31.6. The number of likely N-dealkylation sites (tertiary alicyclic amines) is 1. The van der Waals surface area contributed by atoms with Gasteiger partial charge in [0.15, 0.2) is 0 Å². The average Bonchev–Trinajstić information content (AvgIpc) is 3.41. The topological polar surface area (TPSA) is 113 Å². The fraction of sp³-hybridized carbons (Fsp3) is 0.333. The van der Waals surface area contributed by atoms with Crippen LogP contribution in [0.3, 0.4) is 0 Å². The van der Waals surface area contributed by atoms with E-state index >= 15 is 0 Å². The predicted octanol–water partition coefficient (Wildman–Crippen LogP) is 4.84. The third-order valence-corrected chi connectivity index (χ3v) is 10.4. The molecule has 3 fully saturated rings. The number of hydrogen-bond acceptors (Lipinski definition) is 7. The SMILES string of the molecule is COc1cc(O)c(C2C3=CCC4C(=O)N(Cc5ccccc5)C(=O)C4C3CC3C(=O)N(c4ccccc4)C(=O)C32C)c(OC)c1. The first-order valence-electron chi connectivity index (χ1n) is 15.2. The van der Waals surface area contributed by atoms with E-state index in [1.165, 1.54) is 30.1 Å². The summed E-state index contributed by atoms with van der Waals surface area (Å²) in [6.07, 6.45) is 2.50. The van der Waals surface area contributed by atoms with Crippen molar-refractivity contribution in [1.82, 2.24) is 4.90 Å². The highest BCUT2D eigenvalue weighted by atomic mass is 16.5. The van der Waals surface area contributed by atoms with Gasteiger partial charge in [-0.2, -0.15) is 0 Å². The molecule has 1 N–H and O–H groups in total. The van der Waals surface area contributed by atoms with Crippen LogP contribution in [0.4, 0.5) is 5.69 Å². The number of allylic oxidation sites excluding steroid dienone is 2. The van der Waals surface area contributed by atoms with Crippen LogP contribution in [-0.4, -0.2) is 47.9 Å². The molecule has 4 aliphatic rings. The van der Waals surface area contributed by atoms with Crippen LogP contribution in [0.5, 0.6) is 17.2 Å². The summed E-state index contributed by atoms with van der Waals surface area (Å²) in [4.78, 5) is 59.3. The molecule has 9 heteroatoms. The van der Waals surface area contributed by atoms with Crippen molar-refractivity contribution in [3.63, 3.8) is 0 Å². The summed E-state index contributed by atoms with van der Waals surface area (Å²) in [6, 6.07) is 21.3. The first-order valence-corrected chi connectivity index (χ1v) is 15.2. The molecule has 230 valence electrons. The number of phenolic OH excluding ortho intramolecular Hbond substituents is 1. The van der Waals surface area contributed by atoms with Gasteiger partial charge in [-0.25, -0.2) is 4.90 Å². The van der Waals surface area contributed by atoms with Gasteiger partial charge in [-0.05, 0) is 43.4 Å². The molecule has 4 amide bonds. The lowest BCUT2D eigenvalue weighted by Gasteiger charge is -2.49. The highest BCUT2D eigenvalue weighted by Crippen LogP contribution is 2.65. The maximum atomic E-state index is 14.6. The molecule has 7 rings (SSSR count). The molecular weight excluding hydrogens is 572 g/mol. The van der Waals surface area contributed by atoms with Gasteiger partial charge in [0, 0.05) is 23.6 Å². The van der Waals surface area contributed by atoms with Gasteiger partial charge in [-0.1, -0.05) is 60.2 Å². The van der Waals surface area contributed by atoms with Crippen molar-refractivity contribution in [3.05, 3.63) is 95.6 Å². The third kappa shape index (κ3) is 4.13. The number of carbonyl (C=O) groups excluding carboxylic acids is 4. The quantitative estimate of drug-likeness (QED) is 0.316. The third-order valence-electron chi connectivity index (χ3n) is 10.4. The van der Waals surface area contributed by atoms with Crippen molar-refractivity contribution >= 4 is 29.3 Å². The minimum Gasteiger partial charge on any atom is -0.507 e. The molecule has 45 heavy (non-hydrogen) atoms. The Balaban J connectivity index is 1.38. The van der Waals surface area contributed by atoms with Crippen molar-refractivity contribution < 1.29 is 33.8 Å². The van der Waals surface area contributed by atoms with E-state index in [9.17, 15) is 24.3 Å². The fourth-order valence-electron chi connectivity index (χ4n) is 8.30. The molecule has 3 aromatic rings. The largest absolute Gasteiger partial charge is 0.507 e. The Labute approximate surface area is 261 Å². The first kappa shape index (κ1) is 28.8. The average molecular weight is 607 g/mol. The lowest BCUT2D eigenvalue weighted by atomic mass is 9.51. The maximum absolute atomic E-state index is 14.6. The van der Waals surface area contributed by atoms with Crippen LogP contribution in [0.25, 0.3) is 0 Å².